The third-order valence-corrected chi connectivity index (χ3v) is 3.69. The molecule has 0 amide bonds. The number of allylic oxidation sites excluding steroid dienone is 1. The molecule has 0 aliphatic heterocycles. The maximum atomic E-state index is 7.42. The second kappa shape index (κ2) is 6.37. The van der Waals surface area contributed by atoms with Crippen molar-refractivity contribution in [2.24, 2.45) is 5.73 Å². The summed E-state index contributed by atoms with van der Waals surface area (Å²) in [5.41, 5.74) is 14.5. The highest BCUT2D eigenvalue weighted by molar-refractivity contribution is 6.01. The van der Waals surface area contributed by atoms with Crippen LogP contribution in [0.3, 0.4) is 0 Å². The summed E-state index contributed by atoms with van der Waals surface area (Å²) in [6.45, 7) is 0.398. The second-order valence-corrected chi connectivity index (χ2v) is 5.07. The van der Waals surface area contributed by atoms with Crippen LogP contribution in [0.2, 0.25) is 0 Å². The van der Waals surface area contributed by atoms with Crippen molar-refractivity contribution in [2.75, 3.05) is 12.8 Å². The molecule has 24 heavy (non-hydrogen) atoms. The summed E-state index contributed by atoms with van der Waals surface area (Å²) in [5, 5.41) is 8.13. The van der Waals surface area contributed by atoms with E-state index in [-0.39, 0.29) is 0 Å². The number of ether oxygens (including phenoxy) is 1. The minimum absolute atomic E-state index is 0.368. The Labute approximate surface area is 138 Å². The maximum Gasteiger partial charge on any atom is 0.221 e. The molecule has 8 heteroatoms. The molecule has 3 aromatic rings. The van der Waals surface area contributed by atoms with Crippen LogP contribution in [0.1, 0.15) is 0 Å². The van der Waals surface area contributed by atoms with Gasteiger partial charge in [-0.1, -0.05) is 0 Å². The van der Waals surface area contributed by atoms with Crippen molar-refractivity contribution >= 4 is 23.1 Å². The number of anilines is 1. The quantitative estimate of drug-likeness (QED) is 0.611. The Morgan fingerprint density at radius 2 is 2.17 bits per heavy atom. The van der Waals surface area contributed by atoms with Gasteiger partial charge < -0.3 is 26.2 Å². The van der Waals surface area contributed by atoms with Crippen LogP contribution in [0.15, 0.2) is 42.6 Å². The zero-order valence-corrected chi connectivity index (χ0v) is 13.1. The van der Waals surface area contributed by atoms with Gasteiger partial charge in [0.1, 0.15) is 17.8 Å². The number of pyridine rings is 1. The van der Waals surface area contributed by atoms with Crippen LogP contribution < -0.4 is 16.2 Å². The van der Waals surface area contributed by atoms with Gasteiger partial charge in [0, 0.05) is 41.5 Å². The van der Waals surface area contributed by atoms with Gasteiger partial charge in [-0.15, -0.1) is 0 Å². The van der Waals surface area contributed by atoms with Gasteiger partial charge in [0.15, 0.2) is 0 Å². The fourth-order valence-corrected chi connectivity index (χ4v) is 2.57. The first-order chi connectivity index (χ1) is 11.7. The number of rotatable bonds is 5. The molecular weight excluding hydrogens is 306 g/mol. The molecule has 0 bridgehead atoms. The summed E-state index contributed by atoms with van der Waals surface area (Å²) in [5.74, 6) is 0.856. The first-order valence-corrected chi connectivity index (χ1v) is 7.19. The fraction of sp³-hybridized carbons (Fsp3) is 0.125. The van der Waals surface area contributed by atoms with E-state index in [1.807, 2.05) is 22.9 Å². The van der Waals surface area contributed by atoms with Gasteiger partial charge in [0.2, 0.25) is 5.88 Å². The molecule has 0 saturated carbocycles. The molecule has 3 aromatic heterocycles. The molecule has 0 atom stereocenters. The summed E-state index contributed by atoms with van der Waals surface area (Å²) in [4.78, 5) is 12.7. The van der Waals surface area contributed by atoms with Crippen LogP contribution in [0.25, 0.3) is 22.2 Å². The van der Waals surface area contributed by atoms with Crippen molar-refractivity contribution in [3.8, 4) is 17.0 Å². The van der Waals surface area contributed by atoms with Crippen LogP contribution >= 0.6 is 0 Å². The zero-order chi connectivity index (χ0) is 17.1. The minimum Gasteiger partial charge on any atom is -0.481 e. The topological polar surface area (TPSA) is 129 Å². The van der Waals surface area contributed by atoms with Crippen LogP contribution in [0, 0.1) is 5.41 Å². The Bertz CT molecular complexity index is 929. The lowest BCUT2D eigenvalue weighted by Crippen LogP contribution is -2.04. The van der Waals surface area contributed by atoms with Crippen molar-refractivity contribution in [3.63, 3.8) is 0 Å². The molecule has 0 aliphatic carbocycles. The van der Waals surface area contributed by atoms with Gasteiger partial charge in [-0.3, -0.25) is 0 Å². The number of hydrogen-bond acceptors (Lipinski definition) is 7. The first-order valence-electron chi connectivity index (χ1n) is 7.19. The normalized spacial score (nSPS) is 11.6. The van der Waals surface area contributed by atoms with Crippen LogP contribution in [0.4, 0.5) is 5.82 Å². The standard InChI is InChI=1S/C16H17N7O/c1-24-16-11(3-2-4-20-16)12-8-23(7-10(5-17)6-18)15-13(12)14(19)21-9-22-15/h2-6,8-9,17H,7,18H2,1H3,(H2,19,21,22)/b10-6+,17-5?. The lowest BCUT2D eigenvalue weighted by Gasteiger charge is -2.06. The Kier molecular flexibility index (Phi) is 4.11. The molecule has 0 aromatic carbocycles. The lowest BCUT2D eigenvalue weighted by molar-refractivity contribution is 0.400. The number of methoxy groups -OCH3 is 1. The Balaban J connectivity index is 2.27. The number of nitrogens with two attached hydrogens (primary N) is 2. The van der Waals surface area contributed by atoms with Gasteiger partial charge in [-0.25, -0.2) is 15.0 Å². The molecule has 3 rings (SSSR count). The molecular formula is C16H17N7O. The highest BCUT2D eigenvalue weighted by Crippen LogP contribution is 2.36. The van der Waals surface area contributed by atoms with E-state index in [1.54, 1.807) is 13.3 Å². The van der Waals surface area contributed by atoms with E-state index in [4.69, 9.17) is 21.6 Å². The average molecular weight is 323 g/mol. The largest absolute Gasteiger partial charge is 0.481 e. The Morgan fingerprint density at radius 1 is 1.33 bits per heavy atom. The predicted octanol–water partition coefficient (Wildman–Crippen LogP) is 1.58. The molecule has 8 nitrogen and oxygen atoms in total. The van der Waals surface area contributed by atoms with Gasteiger partial charge in [0.25, 0.3) is 0 Å². The molecule has 5 N–H and O–H groups in total. The van der Waals surface area contributed by atoms with Crippen molar-refractivity contribution in [3.05, 3.63) is 42.6 Å². The molecule has 122 valence electrons. The summed E-state index contributed by atoms with van der Waals surface area (Å²) < 4.78 is 7.23. The second-order valence-electron chi connectivity index (χ2n) is 5.07. The summed E-state index contributed by atoms with van der Waals surface area (Å²) in [7, 11) is 1.56. The Morgan fingerprint density at radius 3 is 2.88 bits per heavy atom. The number of nitrogen functional groups attached to an aromatic ring is 1. The van der Waals surface area contributed by atoms with Gasteiger partial charge >= 0.3 is 0 Å². The number of nitrogens with one attached hydrogen (secondary N) is 1. The SMILES string of the molecule is COc1ncccc1-c1cn(C/C(C=N)=C/N)c2ncnc(N)c12. The Hall–Kier alpha value is -3.42. The summed E-state index contributed by atoms with van der Waals surface area (Å²) >= 11 is 0. The maximum absolute atomic E-state index is 7.42. The van der Waals surface area contributed by atoms with Crippen molar-refractivity contribution in [1.82, 2.24) is 19.5 Å². The number of nitrogens with zero attached hydrogens (tertiary/aromatic N) is 4. The predicted molar refractivity (Wildman–Crippen MR) is 92.8 cm³/mol. The van der Waals surface area contributed by atoms with E-state index in [9.17, 15) is 0 Å². The molecule has 0 fully saturated rings. The van der Waals surface area contributed by atoms with E-state index >= 15 is 0 Å². The van der Waals surface area contributed by atoms with E-state index in [2.05, 4.69) is 15.0 Å². The van der Waals surface area contributed by atoms with E-state index in [0.29, 0.717) is 34.8 Å². The zero-order valence-electron chi connectivity index (χ0n) is 13.1. The van der Waals surface area contributed by atoms with Crippen LogP contribution in [0.5, 0.6) is 5.88 Å². The van der Waals surface area contributed by atoms with Gasteiger partial charge in [-0.05, 0) is 12.1 Å². The molecule has 0 radical (unpaired) electrons. The van der Waals surface area contributed by atoms with E-state index in [1.165, 1.54) is 18.7 Å². The van der Waals surface area contributed by atoms with Gasteiger partial charge in [-0.2, -0.15) is 0 Å². The minimum atomic E-state index is 0.368. The molecule has 0 saturated heterocycles. The third kappa shape index (κ3) is 2.54. The highest BCUT2D eigenvalue weighted by Gasteiger charge is 2.18. The average Bonchev–Trinajstić information content (AvgIpc) is 2.99. The smallest absolute Gasteiger partial charge is 0.221 e. The van der Waals surface area contributed by atoms with Crippen molar-refractivity contribution < 1.29 is 4.74 Å². The first kappa shape index (κ1) is 15.5. The number of fused-ring (bicyclic) bond motifs is 1. The van der Waals surface area contributed by atoms with E-state index in [0.717, 1.165) is 11.1 Å². The van der Waals surface area contributed by atoms with Gasteiger partial charge in [0.05, 0.1) is 19.0 Å². The van der Waals surface area contributed by atoms with Crippen LogP contribution in [-0.4, -0.2) is 32.8 Å². The molecule has 0 unspecified atom stereocenters. The number of hydrogen-bond donors (Lipinski definition) is 3. The third-order valence-electron chi connectivity index (χ3n) is 3.69. The van der Waals surface area contributed by atoms with Crippen LogP contribution in [-0.2, 0) is 6.54 Å². The fourth-order valence-electron chi connectivity index (χ4n) is 2.57. The monoisotopic (exact) mass is 323 g/mol. The number of aromatic nitrogens is 4. The highest BCUT2D eigenvalue weighted by atomic mass is 16.5. The molecule has 3 heterocycles. The summed E-state index contributed by atoms with van der Waals surface area (Å²) in [6.07, 6.45) is 7.57. The van der Waals surface area contributed by atoms with Crippen molar-refractivity contribution in [1.29, 1.82) is 5.41 Å². The molecule has 0 aliphatic rings. The molecule has 0 spiro atoms. The van der Waals surface area contributed by atoms with Crippen molar-refractivity contribution in [2.45, 2.75) is 6.54 Å². The lowest BCUT2D eigenvalue weighted by atomic mass is 10.1. The van der Waals surface area contributed by atoms with E-state index < -0.39 is 0 Å². The summed E-state index contributed by atoms with van der Waals surface area (Å²) in [6, 6.07) is 3.72.